The minimum Gasteiger partial charge on any atom is -0.493 e. The van der Waals surface area contributed by atoms with Crippen molar-refractivity contribution in [3.05, 3.63) is 59.4 Å². The zero-order valence-electron chi connectivity index (χ0n) is 23.0. The third-order valence-corrected chi connectivity index (χ3v) is 9.58. The summed E-state index contributed by atoms with van der Waals surface area (Å²) in [4.78, 5) is 41.1. The first-order valence-corrected chi connectivity index (χ1v) is 15.4. The van der Waals surface area contributed by atoms with E-state index in [-0.39, 0.29) is 49.1 Å². The second kappa shape index (κ2) is 12.2. The van der Waals surface area contributed by atoms with E-state index in [1.807, 2.05) is 0 Å². The van der Waals surface area contributed by atoms with Crippen molar-refractivity contribution in [3.63, 3.8) is 0 Å². The molecule has 1 unspecified atom stereocenters. The molecule has 3 aliphatic rings. The van der Waals surface area contributed by atoms with E-state index in [0.29, 0.717) is 43.9 Å². The number of fused-ring (bicyclic) bond motifs is 4. The summed E-state index contributed by atoms with van der Waals surface area (Å²) in [5, 5.41) is 6.08. The number of aryl methyl sites for hydroxylation is 1. The molecule has 5 rings (SSSR count). The summed E-state index contributed by atoms with van der Waals surface area (Å²) in [6, 6.07) is 9.21. The lowest BCUT2D eigenvalue weighted by atomic mass is 9.96. The highest BCUT2D eigenvalue weighted by Gasteiger charge is 2.39. The number of benzene rings is 2. The Bertz CT molecular complexity index is 1430. The molecule has 2 saturated heterocycles. The lowest BCUT2D eigenvalue weighted by Crippen LogP contribution is -2.58. The third kappa shape index (κ3) is 6.70. The van der Waals surface area contributed by atoms with E-state index < -0.39 is 39.7 Å². The summed E-state index contributed by atoms with van der Waals surface area (Å²) in [7, 11) is -4.08. The van der Waals surface area contributed by atoms with Crippen LogP contribution in [0.1, 0.15) is 36.8 Å². The van der Waals surface area contributed by atoms with Crippen molar-refractivity contribution in [3.8, 4) is 5.75 Å². The Kier molecular flexibility index (Phi) is 8.60. The Balaban J connectivity index is 1.39. The van der Waals surface area contributed by atoms with Gasteiger partial charge in [0.2, 0.25) is 11.8 Å². The first kappa shape index (κ1) is 29.0. The molecule has 41 heavy (non-hydrogen) atoms. The topological polar surface area (TPSA) is 125 Å². The highest BCUT2D eigenvalue weighted by Crippen LogP contribution is 2.24. The van der Waals surface area contributed by atoms with Crippen LogP contribution in [0.15, 0.2) is 47.4 Å². The van der Waals surface area contributed by atoms with Gasteiger partial charge in [0.25, 0.3) is 15.9 Å². The zero-order chi connectivity index (χ0) is 29.1. The van der Waals surface area contributed by atoms with Crippen LogP contribution in [0.4, 0.5) is 4.39 Å². The van der Waals surface area contributed by atoms with Crippen LogP contribution in [0.5, 0.6) is 5.75 Å². The Hall–Kier alpha value is -3.51. The van der Waals surface area contributed by atoms with E-state index in [1.165, 1.54) is 24.3 Å². The van der Waals surface area contributed by atoms with Crippen molar-refractivity contribution in [1.29, 1.82) is 0 Å². The number of halogens is 1. The predicted octanol–water partition coefficient (Wildman–Crippen LogP) is 1.76. The minimum atomic E-state index is -4.08. The van der Waals surface area contributed by atoms with Crippen LogP contribution in [-0.4, -0.2) is 80.2 Å². The maximum atomic E-state index is 14.5. The highest BCUT2D eigenvalue weighted by atomic mass is 32.2. The van der Waals surface area contributed by atoms with Crippen molar-refractivity contribution in [2.75, 3.05) is 32.8 Å². The van der Waals surface area contributed by atoms with Gasteiger partial charge in [-0.1, -0.05) is 12.1 Å². The summed E-state index contributed by atoms with van der Waals surface area (Å²) in [6.45, 7) is 3.18. The fourth-order valence-electron chi connectivity index (χ4n) is 5.70. The summed E-state index contributed by atoms with van der Waals surface area (Å²) >= 11 is 0. The second-order valence-electron chi connectivity index (χ2n) is 11.0. The Morgan fingerprint density at radius 1 is 1.05 bits per heavy atom. The molecule has 10 nitrogen and oxygen atoms in total. The van der Waals surface area contributed by atoms with Gasteiger partial charge in [-0.05, 0) is 68.0 Å². The Morgan fingerprint density at radius 2 is 1.88 bits per heavy atom. The van der Waals surface area contributed by atoms with Crippen molar-refractivity contribution < 1.29 is 31.9 Å². The molecule has 2 N–H and O–H groups in total. The van der Waals surface area contributed by atoms with Gasteiger partial charge in [0.15, 0.2) is 0 Å². The van der Waals surface area contributed by atoms with Gasteiger partial charge < -0.3 is 20.3 Å². The molecule has 3 aliphatic heterocycles. The number of hydrogen-bond acceptors (Lipinski definition) is 7. The average Bonchev–Trinajstić information content (AvgIpc) is 3.29. The first-order chi connectivity index (χ1) is 19.6. The normalized spacial score (nSPS) is 24.3. The van der Waals surface area contributed by atoms with Gasteiger partial charge in [0.05, 0.1) is 23.5 Å². The van der Waals surface area contributed by atoms with Gasteiger partial charge in [-0.3, -0.25) is 14.4 Å². The molecule has 0 saturated carbocycles. The molecule has 0 aliphatic carbocycles. The molecule has 0 radical (unpaired) electrons. The molecule has 12 heteroatoms. The van der Waals surface area contributed by atoms with Crippen molar-refractivity contribution >= 4 is 27.7 Å². The van der Waals surface area contributed by atoms with Crippen molar-refractivity contribution in [2.24, 2.45) is 5.92 Å². The number of nitrogens with one attached hydrogen (secondary N) is 2. The molecule has 0 spiro atoms. The molecular weight excluding hydrogens is 551 g/mol. The van der Waals surface area contributed by atoms with E-state index in [4.69, 9.17) is 4.74 Å². The van der Waals surface area contributed by atoms with Gasteiger partial charge >= 0.3 is 0 Å². The number of hydrogen-bond donors (Lipinski definition) is 2. The number of carbonyl (C=O) groups excluding carboxylic acids is 3. The monoisotopic (exact) mass is 586 g/mol. The molecule has 2 fully saturated rings. The second-order valence-corrected chi connectivity index (χ2v) is 12.8. The van der Waals surface area contributed by atoms with Crippen molar-refractivity contribution in [2.45, 2.75) is 56.0 Å². The third-order valence-electron chi connectivity index (χ3n) is 7.78. The minimum absolute atomic E-state index is 0.0206. The fourth-order valence-corrected chi connectivity index (χ4v) is 7.23. The molecule has 2 aromatic carbocycles. The quantitative estimate of drug-likeness (QED) is 0.560. The number of piperazine rings is 1. The molecule has 2 aromatic rings. The van der Waals surface area contributed by atoms with Crippen LogP contribution in [0, 0.1) is 18.7 Å². The van der Waals surface area contributed by atoms with Gasteiger partial charge in [-0.15, -0.1) is 0 Å². The van der Waals surface area contributed by atoms with E-state index in [9.17, 15) is 27.2 Å². The largest absolute Gasteiger partial charge is 0.493 e. The number of rotatable bonds is 4. The number of sulfonamides is 1. The van der Waals surface area contributed by atoms with Gasteiger partial charge in [-0.2, -0.15) is 0 Å². The Labute approximate surface area is 239 Å². The zero-order valence-corrected chi connectivity index (χ0v) is 23.8. The van der Waals surface area contributed by atoms with Crippen molar-refractivity contribution in [1.82, 2.24) is 19.8 Å². The summed E-state index contributed by atoms with van der Waals surface area (Å²) in [5.41, 5.74) is 1.32. The van der Waals surface area contributed by atoms with E-state index >= 15 is 0 Å². The lowest BCUT2D eigenvalue weighted by molar-refractivity contribution is -0.131. The molecule has 0 aromatic heterocycles. The summed E-state index contributed by atoms with van der Waals surface area (Å²) in [6.07, 6.45) is 1.72. The molecule has 3 heterocycles. The molecule has 3 atom stereocenters. The van der Waals surface area contributed by atoms with Gasteiger partial charge in [0, 0.05) is 44.7 Å². The first-order valence-electron chi connectivity index (χ1n) is 14.0. The SMILES string of the molecule is Cc1cccc(S(=O)(=O)N2CCN[C@@H](C[C@@H]3Cc4cc(F)cc(c4)OCCCCN4CC(CC4=O)C(=O)N3)C2=O)c1. The van der Waals surface area contributed by atoms with Gasteiger partial charge in [0.1, 0.15) is 11.6 Å². The molecule has 220 valence electrons. The molecule has 4 bridgehead atoms. The van der Waals surface area contributed by atoms with Crippen LogP contribution < -0.4 is 15.4 Å². The predicted molar refractivity (Wildman–Crippen MR) is 148 cm³/mol. The summed E-state index contributed by atoms with van der Waals surface area (Å²) in [5.74, 6) is -1.68. The van der Waals surface area contributed by atoms with E-state index in [0.717, 1.165) is 9.87 Å². The van der Waals surface area contributed by atoms with Crippen LogP contribution in [0.25, 0.3) is 0 Å². The fraction of sp³-hybridized carbons (Fsp3) is 0.483. The van der Waals surface area contributed by atoms with E-state index in [1.54, 1.807) is 30.0 Å². The lowest BCUT2D eigenvalue weighted by Gasteiger charge is -2.34. The number of ether oxygens (including phenoxy) is 1. The van der Waals surface area contributed by atoms with Crippen LogP contribution >= 0.6 is 0 Å². The molecule has 3 amide bonds. The maximum absolute atomic E-state index is 14.5. The molecular formula is C29H35FN4O6S. The number of amides is 3. The maximum Gasteiger partial charge on any atom is 0.266 e. The van der Waals surface area contributed by atoms with Crippen LogP contribution in [0.2, 0.25) is 0 Å². The van der Waals surface area contributed by atoms with E-state index in [2.05, 4.69) is 10.6 Å². The standard InChI is InChI=1S/C29H35FN4O6S/c1-19-5-4-6-25(11-19)41(38,39)34-9-7-31-26(29(34)37)17-23-13-20-12-22(30)16-24(14-20)40-10-3-2-8-33-18-21(15-27(33)35)28(36)32-23/h4-6,11-12,14,16,21,23,26,31H,2-3,7-10,13,15,17-18H2,1H3,(H,32,36)/t21?,23-,26-/m0/s1. The number of nitrogens with zero attached hydrogens (tertiary/aromatic N) is 2. The van der Waals surface area contributed by atoms with Crippen LogP contribution in [0.3, 0.4) is 0 Å². The van der Waals surface area contributed by atoms with Crippen LogP contribution in [-0.2, 0) is 30.8 Å². The Morgan fingerprint density at radius 3 is 2.68 bits per heavy atom. The smallest absolute Gasteiger partial charge is 0.266 e. The average molecular weight is 587 g/mol. The summed E-state index contributed by atoms with van der Waals surface area (Å²) < 4.78 is 47.9. The van der Waals surface area contributed by atoms with Gasteiger partial charge in [-0.25, -0.2) is 17.1 Å². The number of carbonyl (C=O) groups is 3. The highest BCUT2D eigenvalue weighted by molar-refractivity contribution is 7.89.